The molecule has 8 heteroatoms. The molecule has 1 N–H and O–H groups in total. The lowest BCUT2D eigenvalue weighted by molar-refractivity contribution is -0.129. The number of carbonyl (C=O) groups is 2. The quantitative estimate of drug-likeness (QED) is 0.459. The first-order chi connectivity index (χ1) is 15.0. The molecule has 2 amide bonds. The number of para-hydroxylation sites is 1. The van der Waals surface area contributed by atoms with Crippen molar-refractivity contribution in [2.75, 3.05) is 11.9 Å². The monoisotopic (exact) mass is 451 g/mol. The summed E-state index contributed by atoms with van der Waals surface area (Å²) in [6.45, 7) is 2.69. The van der Waals surface area contributed by atoms with E-state index in [2.05, 4.69) is 5.32 Å². The second kappa shape index (κ2) is 7.86. The van der Waals surface area contributed by atoms with Gasteiger partial charge >= 0.3 is 0 Å². The number of aromatic nitrogens is 1. The van der Waals surface area contributed by atoms with Crippen molar-refractivity contribution < 1.29 is 14.0 Å². The minimum atomic E-state index is -0.564. The molecule has 1 aliphatic heterocycles. The number of nitrogens with one attached hydrogen (secondary N) is 1. The third kappa shape index (κ3) is 3.62. The summed E-state index contributed by atoms with van der Waals surface area (Å²) in [5.74, 6) is -1.04. The van der Waals surface area contributed by atoms with Crippen LogP contribution in [-0.4, -0.2) is 28.2 Å². The number of hydrogen-bond donors (Lipinski definition) is 1. The Kier molecular flexibility index (Phi) is 5.03. The first-order valence-corrected chi connectivity index (χ1v) is 11.5. The normalized spacial score (nSPS) is 13.3. The Morgan fingerprint density at radius 2 is 1.87 bits per heavy atom. The number of nitrogens with zero attached hydrogens (tertiary/aromatic N) is 2. The number of halogens is 1. The van der Waals surface area contributed by atoms with E-state index in [9.17, 15) is 14.0 Å². The average molecular weight is 452 g/mol. The maximum Gasteiger partial charge on any atom is 0.259 e. The van der Waals surface area contributed by atoms with Crippen LogP contribution in [-0.2, 0) is 17.8 Å². The SMILES string of the molecule is CC(=O)N1CCc2c(sc(NC(=O)c3ccccc3F)c2-c2nc3ccccc3s2)C1. The molecule has 2 aromatic heterocycles. The molecule has 0 aliphatic carbocycles. The highest BCUT2D eigenvalue weighted by Crippen LogP contribution is 2.45. The first kappa shape index (κ1) is 19.8. The summed E-state index contributed by atoms with van der Waals surface area (Å²) in [4.78, 5) is 32.4. The van der Waals surface area contributed by atoms with E-state index in [1.165, 1.54) is 23.5 Å². The molecule has 4 aromatic rings. The molecule has 0 atom stereocenters. The van der Waals surface area contributed by atoms with Gasteiger partial charge in [-0.25, -0.2) is 9.37 Å². The minimum Gasteiger partial charge on any atom is -0.337 e. The molecule has 31 heavy (non-hydrogen) atoms. The van der Waals surface area contributed by atoms with Crippen LogP contribution in [0.15, 0.2) is 48.5 Å². The molecule has 0 unspecified atom stereocenters. The molecule has 2 aromatic carbocycles. The minimum absolute atomic E-state index is 0.00511. The van der Waals surface area contributed by atoms with Crippen molar-refractivity contribution in [2.45, 2.75) is 19.9 Å². The summed E-state index contributed by atoms with van der Waals surface area (Å²) in [6, 6.07) is 13.8. The molecule has 5 rings (SSSR count). The fourth-order valence-corrected chi connectivity index (χ4v) is 6.15. The zero-order chi connectivity index (χ0) is 21.5. The summed E-state index contributed by atoms with van der Waals surface area (Å²) in [6.07, 6.45) is 0.687. The fourth-order valence-electron chi connectivity index (χ4n) is 3.78. The third-order valence-electron chi connectivity index (χ3n) is 5.36. The molecule has 0 saturated carbocycles. The van der Waals surface area contributed by atoms with Crippen LogP contribution in [0.2, 0.25) is 0 Å². The number of anilines is 1. The summed E-state index contributed by atoms with van der Waals surface area (Å²) in [5.41, 5.74) is 2.88. The maximum atomic E-state index is 14.2. The molecule has 3 heterocycles. The van der Waals surface area contributed by atoms with Crippen molar-refractivity contribution in [2.24, 2.45) is 0 Å². The largest absolute Gasteiger partial charge is 0.337 e. The van der Waals surface area contributed by atoms with E-state index in [-0.39, 0.29) is 11.5 Å². The summed E-state index contributed by atoms with van der Waals surface area (Å²) in [7, 11) is 0. The van der Waals surface area contributed by atoms with Crippen molar-refractivity contribution >= 4 is 49.7 Å². The molecule has 0 fully saturated rings. The third-order valence-corrected chi connectivity index (χ3v) is 7.54. The topological polar surface area (TPSA) is 62.3 Å². The van der Waals surface area contributed by atoms with Crippen LogP contribution in [0.1, 0.15) is 27.7 Å². The van der Waals surface area contributed by atoms with Gasteiger partial charge in [-0.15, -0.1) is 22.7 Å². The van der Waals surface area contributed by atoms with Crippen LogP contribution in [0.4, 0.5) is 9.39 Å². The smallest absolute Gasteiger partial charge is 0.259 e. The van der Waals surface area contributed by atoms with Gasteiger partial charge in [0, 0.05) is 23.9 Å². The predicted molar refractivity (Wildman–Crippen MR) is 122 cm³/mol. The molecule has 156 valence electrons. The van der Waals surface area contributed by atoms with Gasteiger partial charge in [0.15, 0.2) is 0 Å². The lowest BCUT2D eigenvalue weighted by Crippen LogP contribution is -2.33. The Bertz CT molecular complexity index is 1290. The van der Waals surface area contributed by atoms with Gasteiger partial charge < -0.3 is 10.2 Å². The lowest BCUT2D eigenvalue weighted by Gasteiger charge is -2.26. The first-order valence-electron chi connectivity index (χ1n) is 9.83. The molecule has 0 radical (unpaired) electrons. The van der Waals surface area contributed by atoms with Gasteiger partial charge in [0.2, 0.25) is 5.91 Å². The van der Waals surface area contributed by atoms with Crippen LogP contribution >= 0.6 is 22.7 Å². The van der Waals surface area contributed by atoms with E-state index in [4.69, 9.17) is 4.98 Å². The number of benzene rings is 2. The van der Waals surface area contributed by atoms with Crippen LogP contribution in [0.25, 0.3) is 20.8 Å². The zero-order valence-corrected chi connectivity index (χ0v) is 18.3. The highest BCUT2D eigenvalue weighted by molar-refractivity contribution is 7.23. The maximum absolute atomic E-state index is 14.2. The van der Waals surface area contributed by atoms with Crippen molar-refractivity contribution in [1.29, 1.82) is 0 Å². The van der Waals surface area contributed by atoms with E-state index in [1.54, 1.807) is 35.3 Å². The number of amides is 2. The predicted octanol–water partition coefficient (Wildman–Crippen LogP) is 5.32. The number of fused-ring (bicyclic) bond motifs is 2. The highest BCUT2D eigenvalue weighted by Gasteiger charge is 2.29. The van der Waals surface area contributed by atoms with Crippen molar-refractivity contribution in [3.8, 4) is 10.6 Å². The Morgan fingerprint density at radius 1 is 1.10 bits per heavy atom. The van der Waals surface area contributed by atoms with Gasteiger partial charge in [0.25, 0.3) is 5.91 Å². The fraction of sp³-hybridized carbons (Fsp3) is 0.174. The number of rotatable bonds is 3. The van der Waals surface area contributed by atoms with E-state index in [1.807, 2.05) is 24.3 Å². The van der Waals surface area contributed by atoms with Crippen LogP contribution < -0.4 is 5.32 Å². The van der Waals surface area contributed by atoms with E-state index >= 15 is 0 Å². The number of thiazole rings is 1. The van der Waals surface area contributed by atoms with Crippen molar-refractivity contribution in [1.82, 2.24) is 9.88 Å². The number of thiophene rings is 1. The van der Waals surface area contributed by atoms with E-state index in [0.717, 1.165) is 31.2 Å². The average Bonchev–Trinajstić information content (AvgIpc) is 3.33. The summed E-state index contributed by atoms with van der Waals surface area (Å²) < 4.78 is 15.2. The summed E-state index contributed by atoms with van der Waals surface area (Å²) >= 11 is 3.00. The molecule has 0 bridgehead atoms. The van der Waals surface area contributed by atoms with Crippen molar-refractivity contribution in [3.05, 3.63) is 70.4 Å². The van der Waals surface area contributed by atoms with Crippen LogP contribution in [0.3, 0.4) is 0 Å². The molecule has 0 spiro atoms. The van der Waals surface area contributed by atoms with E-state index in [0.29, 0.717) is 24.5 Å². The Balaban J connectivity index is 1.60. The Morgan fingerprint density at radius 3 is 2.65 bits per heavy atom. The van der Waals surface area contributed by atoms with Crippen LogP contribution in [0, 0.1) is 5.82 Å². The molecule has 1 aliphatic rings. The second-order valence-corrected chi connectivity index (χ2v) is 9.46. The highest BCUT2D eigenvalue weighted by atomic mass is 32.1. The van der Waals surface area contributed by atoms with Gasteiger partial charge in [-0.1, -0.05) is 24.3 Å². The molecular formula is C23H18FN3O2S2. The number of hydrogen-bond acceptors (Lipinski definition) is 5. The zero-order valence-electron chi connectivity index (χ0n) is 16.6. The molecule has 5 nitrogen and oxygen atoms in total. The van der Waals surface area contributed by atoms with Gasteiger partial charge in [-0.2, -0.15) is 0 Å². The van der Waals surface area contributed by atoms with Gasteiger partial charge in [-0.05, 0) is 36.2 Å². The Hall–Kier alpha value is -3.10. The summed E-state index contributed by atoms with van der Waals surface area (Å²) in [5, 5.41) is 4.37. The number of carbonyl (C=O) groups excluding carboxylic acids is 2. The lowest BCUT2D eigenvalue weighted by atomic mass is 10.0. The van der Waals surface area contributed by atoms with Gasteiger partial charge in [0.1, 0.15) is 15.8 Å². The van der Waals surface area contributed by atoms with Crippen molar-refractivity contribution in [3.63, 3.8) is 0 Å². The molecular weight excluding hydrogens is 433 g/mol. The molecule has 0 saturated heterocycles. The standard InChI is InChI=1S/C23H18FN3O2S2/c1-13(28)27-11-10-15-19(12-27)31-23(26-21(29)14-6-2-3-7-16(14)24)20(15)22-25-17-8-4-5-9-18(17)30-22/h2-9H,10-12H2,1H3,(H,26,29). The van der Waals surface area contributed by atoms with Crippen LogP contribution in [0.5, 0.6) is 0 Å². The van der Waals surface area contributed by atoms with Gasteiger partial charge in [-0.3, -0.25) is 9.59 Å². The second-order valence-electron chi connectivity index (χ2n) is 7.32. The Labute approximate surface area is 186 Å². The van der Waals surface area contributed by atoms with Gasteiger partial charge in [0.05, 0.1) is 22.3 Å². The van der Waals surface area contributed by atoms with E-state index < -0.39 is 11.7 Å².